The number of carbonyl (C=O) groups excluding carboxylic acids is 2. The van der Waals surface area contributed by atoms with Gasteiger partial charge in [0.15, 0.2) is 0 Å². The van der Waals surface area contributed by atoms with E-state index in [2.05, 4.69) is 15.5 Å². The van der Waals surface area contributed by atoms with Crippen LogP contribution in [0.2, 0.25) is 0 Å². The van der Waals surface area contributed by atoms with E-state index < -0.39 is 0 Å². The van der Waals surface area contributed by atoms with Gasteiger partial charge in [-0.05, 0) is 51.4 Å². The van der Waals surface area contributed by atoms with Crippen LogP contribution in [0.3, 0.4) is 0 Å². The largest absolute Gasteiger partial charge is 0.467 e. The van der Waals surface area contributed by atoms with Crippen molar-refractivity contribution in [2.75, 3.05) is 26.2 Å². The van der Waals surface area contributed by atoms with Crippen molar-refractivity contribution in [1.29, 1.82) is 0 Å². The predicted molar refractivity (Wildman–Crippen MR) is 87.7 cm³/mol. The molecule has 1 fully saturated rings. The molecule has 0 aliphatic carbocycles. The highest BCUT2D eigenvalue weighted by molar-refractivity contribution is 5.79. The van der Waals surface area contributed by atoms with E-state index >= 15 is 0 Å². The molecule has 2 amide bonds. The first-order chi connectivity index (χ1) is 11.1. The van der Waals surface area contributed by atoms with Gasteiger partial charge < -0.3 is 15.1 Å². The molecule has 2 rings (SSSR count). The van der Waals surface area contributed by atoms with E-state index in [0.29, 0.717) is 6.54 Å². The Labute approximate surface area is 137 Å². The van der Waals surface area contributed by atoms with Gasteiger partial charge in [-0.25, -0.2) is 0 Å². The number of piperidine rings is 1. The molecule has 1 aliphatic heterocycles. The quantitative estimate of drug-likeness (QED) is 0.801. The molecular formula is C17H27N3O3. The SMILES string of the molecule is CCCNC(=O)C1CCN(CC(=O)NC(C)c2ccco2)CC1. The lowest BCUT2D eigenvalue weighted by molar-refractivity contribution is -0.127. The lowest BCUT2D eigenvalue weighted by atomic mass is 9.96. The normalized spacial score (nSPS) is 17.7. The third-order valence-electron chi connectivity index (χ3n) is 4.22. The van der Waals surface area contributed by atoms with Crippen molar-refractivity contribution in [3.8, 4) is 0 Å². The molecule has 23 heavy (non-hydrogen) atoms. The molecule has 0 radical (unpaired) electrons. The molecule has 2 heterocycles. The van der Waals surface area contributed by atoms with Crippen LogP contribution in [0, 0.1) is 5.92 Å². The lowest BCUT2D eigenvalue weighted by Crippen LogP contribution is -2.44. The number of rotatable bonds is 7. The molecule has 1 aromatic heterocycles. The fourth-order valence-electron chi connectivity index (χ4n) is 2.84. The molecule has 128 valence electrons. The van der Waals surface area contributed by atoms with Crippen molar-refractivity contribution in [1.82, 2.24) is 15.5 Å². The lowest BCUT2D eigenvalue weighted by Gasteiger charge is -2.31. The summed E-state index contributed by atoms with van der Waals surface area (Å²) in [5, 5.41) is 5.89. The average molecular weight is 321 g/mol. The van der Waals surface area contributed by atoms with Gasteiger partial charge in [-0.2, -0.15) is 0 Å². The maximum atomic E-state index is 12.1. The number of nitrogens with zero attached hydrogens (tertiary/aromatic N) is 1. The van der Waals surface area contributed by atoms with Crippen LogP contribution in [0.15, 0.2) is 22.8 Å². The van der Waals surface area contributed by atoms with Gasteiger partial charge in [-0.15, -0.1) is 0 Å². The van der Waals surface area contributed by atoms with Gasteiger partial charge in [-0.1, -0.05) is 6.92 Å². The predicted octanol–water partition coefficient (Wildman–Crippen LogP) is 1.70. The first kappa shape index (κ1) is 17.5. The number of furan rings is 1. The average Bonchev–Trinajstić information content (AvgIpc) is 3.07. The number of hydrogen-bond donors (Lipinski definition) is 2. The van der Waals surface area contributed by atoms with Gasteiger partial charge in [0.1, 0.15) is 5.76 Å². The van der Waals surface area contributed by atoms with Crippen molar-refractivity contribution in [2.24, 2.45) is 5.92 Å². The van der Waals surface area contributed by atoms with Crippen LogP contribution in [-0.4, -0.2) is 42.9 Å². The van der Waals surface area contributed by atoms with Crippen molar-refractivity contribution in [3.63, 3.8) is 0 Å². The van der Waals surface area contributed by atoms with Crippen LogP contribution >= 0.6 is 0 Å². The molecule has 0 bridgehead atoms. The Bertz CT molecular complexity index is 493. The third kappa shape index (κ3) is 5.39. The molecule has 6 nitrogen and oxygen atoms in total. The first-order valence-corrected chi connectivity index (χ1v) is 8.43. The second-order valence-corrected chi connectivity index (χ2v) is 6.15. The van der Waals surface area contributed by atoms with E-state index in [-0.39, 0.29) is 23.8 Å². The molecule has 1 unspecified atom stereocenters. The van der Waals surface area contributed by atoms with Crippen LogP contribution in [0.25, 0.3) is 0 Å². The summed E-state index contributed by atoms with van der Waals surface area (Å²) in [7, 11) is 0. The minimum Gasteiger partial charge on any atom is -0.467 e. The topological polar surface area (TPSA) is 74.6 Å². The highest BCUT2D eigenvalue weighted by atomic mass is 16.3. The summed E-state index contributed by atoms with van der Waals surface area (Å²) in [6, 6.07) is 3.53. The highest BCUT2D eigenvalue weighted by Gasteiger charge is 2.25. The number of hydrogen-bond acceptors (Lipinski definition) is 4. The number of likely N-dealkylation sites (tertiary alicyclic amines) is 1. The summed E-state index contributed by atoms with van der Waals surface area (Å²) in [5.41, 5.74) is 0. The van der Waals surface area contributed by atoms with E-state index in [1.807, 2.05) is 26.0 Å². The van der Waals surface area contributed by atoms with Crippen LogP contribution in [0.5, 0.6) is 0 Å². The summed E-state index contributed by atoms with van der Waals surface area (Å²) in [6.45, 7) is 6.63. The van der Waals surface area contributed by atoms with Gasteiger partial charge >= 0.3 is 0 Å². The van der Waals surface area contributed by atoms with Crippen LogP contribution in [0.1, 0.15) is 44.9 Å². The fourth-order valence-corrected chi connectivity index (χ4v) is 2.84. The molecule has 1 aromatic rings. The molecule has 2 N–H and O–H groups in total. The summed E-state index contributed by atoms with van der Waals surface area (Å²) in [4.78, 5) is 26.1. The van der Waals surface area contributed by atoms with Crippen molar-refractivity contribution in [3.05, 3.63) is 24.2 Å². The third-order valence-corrected chi connectivity index (χ3v) is 4.22. The van der Waals surface area contributed by atoms with Gasteiger partial charge in [-0.3, -0.25) is 14.5 Å². The Morgan fingerprint density at radius 3 is 2.74 bits per heavy atom. The van der Waals surface area contributed by atoms with E-state index in [1.165, 1.54) is 0 Å². The summed E-state index contributed by atoms with van der Waals surface area (Å²) in [5.74, 6) is 0.984. The number of carbonyl (C=O) groups is 2. The molecule has 1 aliphatic rings. The van der Waals surface area contributed by atoms with E-state index in [0.717, 1.165) is 44.7 Å². The monoisotopic (exact) mass is 321 g/mol. The number of nitrogens with one attached hydrogen (secondary N) is 2. The Hall–Kier alpha value is -1.82. The second kappa shape index (κ2) is 8.72. The van der Waals surface area contributed by atoms with E-state index in [1.54, 1.807) is 6.26 Å². The van der Waals surface area contributed by atoms with Crippen LogP contribution in [-0.2, 0) is 9.59 Å². The van der Waals surface area contributed by atoms with Crippen LogP contribution in [0.4, 0.5) is 0 Å². The van der Waals surface area contributed by atoms with Gasteiger partial charge in [0.05, 0.1) is 18.8 Å². The Morgan fingerprint density at radius 1 is 1.39 bits per heavy atom. The van der Waals surface area contributed by atoms with Crippen LogP contribution < -0.4 is 10.6 Å². The maximum Gasteiger partial charge on any atom is 0.234 e. The highest BCUT2D eigenvalue weighted by Crippen LogP contribution is 2.17. The minimum atomic E-state index is -0.130. The molecule has 1 atom stereocenters. The van der Waals surface area contributed by atoms with Crippen molar-refractivity contribution in [2.45, 2.75) is 39.2 Å². The number of amides is 2. The zero-order valence-corrected chi connectivity index (χ0v) is 14.0. The molecule has 6 heteroatoms. The zero-order chi connectivity index (χ0) is 16.7. The summed E-state index contributed by atoms with van der Waals surface area (Å²) >= 11 is 0. The smallest absolute Gasteiger partial charge is 0.234 e. The standard InChI is InChI=1S/C17H27N3O3/c1-3-8-18-17(22)14-6-9-20(10-7-14)12-16(21)19-13(2)15-5-4-11-23-15/h4-5,11,13-14H,3,6-10,12H2,1-2H3,(H,18,22)(H,19,21). The van der Waals surface area contributed by atoms with Gasteiger partial charge in [0, 0.05) is 12.5 Å². The fraction of sp³-hybridized carbons (Fsp3) is 0.647. The molecule has 0 spiro atoms. The molecular weight excluding hydrogens is 294 g/mol. The summed E-state index contributed by atoms with van der Waals surface area (Å²) < 4.78 is 5.29. The maximum absolute atomic E-state index is 12.1. The van der Waals surface area contributed by atoms with E-state index in [9.17, 15) is 9.59 Å². The van der Waals surface area contributed by atoms with Crippen molar-refractivity contribution < 1.29 is 14.0 Å². The second-order valence-electron chi connectivity index (χ2n) is 6.15. The van der Waals surface area contributed by atoms with Crippen molar-refractivity contribution >= 4 is 11.8 Å². The Morgan fingerprint density at radius 2 is 2.13 bits per heavy atom. The Balaban J connectivity index is 1.69. The minimum absolute atomic E-state index is 0.0113. The molecule has 1 saturated heterocycles. The first-order valence-electron chi connectivity index (χ1n) is 8.43. The van der Waals surface area contributed by atoms with Gasteiger partial charge in [0.25, 0.3) is 0 Å². The van der Waals surface area contributed by atoms with E-state index in [4.69, 9.17) is 4.42 Å². The summed E-state index contributed by atoms with van der Waals surface area (Å²) in [6.07, 6.45) is 4.19. The zero-order valence-electron chi connectivity index (χ0n) is 14.0. The molecule has 0 aromatic carbocycles. The molecule has 0 saturated carbocycles. The Kier molecular flexibility index (Phi) is 6.65. The van der Waals surface area contributed by atoms with Gasteiger partial charge in [0.2, 0.25) is 11.8 Å².